The molecule has 1 heterocycles. The molecule has 25 heavy (non-hydrogen) atoms. The summed E-state index contributed by atoms with van der Waals surface area (Å²) in [5, 5.41) is 7.67. The lowest BCUT2D eigenvalue weighted by molar-refractivity contribution is -0.123. The predicted molar refractivity (Wildman–Crippen MR) is 97.2 cm³/mol. The van der Waals surface area contributed by atoms with Gasteiger partial charge in [-0.3, -0.25) is 4.79 Å². The normalized spacial score (nSPS) is 10.4. The zero-order chi connectivity index (χ0) is 17.5. The number of amides is 1. The molecule has 0 saturated carbocycles. The van der Waals surface area contributed by atoms with E-state index in [1.807, 2.05) is 36.5 Å². The Hall–Kier alpha value is -2.79. The average molecular weight is 356 g/mol. The maximum Gasteiger partial charge on any atom is 0.257 e. The van der Waals surface area contributed by atoms with Gasteiger partial charge in [0.05, 0.1) is 5.69 Å². The molecule has 5 nitrogen and oxygen atoms in total. The van der Waals surface area contributed by atoms with Gasteiger partial charge in [0.2, 0.25) is 0 Å². The second-order valence-corrected chi connectivity index (χ2v) is 5.90. The predicted octanol–water partition coefficient (Wildman–Crippen LogP) is 3.26. The van der Waals surface area contributed by atoms with Gasteiger partial charge >= 0.3 is 0 Å². The zero-order valence-electron chi connectivity index (χ0n) is 13.6. The second-order valence-electron chi connectivity index (χ2n) is 5.46. The highest BCUT2D eigenvalue weighted by atomic mass is 35.5. The molecule has 0 aliphatic rings. The van der Waals surface area contributed by atoms with E-state index in [1.165, 1.54) is 0 Å². The smallest absolute Gasteiger partial charge is 0.257 e. The highest BCUT2D eigenvalue weighted by Crippen LogP contribution is 2.15. The molecule has 3 rings (SSSR count). The standard InChI is InChI=1S/C19H18ClN3O2/c20-16-4-8-18(9-5-16)25-14-19(24)21-12-10-15-2-6-17(7-3-15)23-13-1-11-22-23/h1-9,11,13H,10,12,14H2,(H,21,24). The molecule has 2 aromatic carbocycles. The van der Waals surface area contributed by atoms with Crippen molar-refractivity contribution in [3.8, 4) is 11.4 Å². The summed E-state index contributed by atoms with van der Waals surface area (Å²) in [6.07, 6.45) is 4.40. The molecule has 0 aliphatic carbocycles. The molecule has 0 saturated heterocycles. The number of nitrogens with one attached hydrogen (secondary N) is 1. The molecule has 0 fully saturated rings. The third-order valence-corrected chi connectivity index (χ3v) is 3.88. The first kappa shape index (κ1) is 17.0. The third kappa shape index (κ3) is 5.09. The average Bonchev–Trinajstić information content (AvgIpc) is 3.16. The van der Waals surface area contributed by atoms with E-state index < -0.39 is 0 Å². The van der Waals surface area contributed by atoms with Gasteiger partial charge in [-0.25, -0.2) is 4.68 Å². The summed E-state index contributed by atoms with van der Waals surface area (Å²) in [7, 11) is 0. The molecule has 0 spiro atoms. The molecule has 6 heteroatoms. The fourth-order valence-electron chi connectivity index (χ4n) is 2.31. The van der Waals surface area contributed by atoms with Crippen molar-refractivity contribution < 1.29 is 9.53 Å². The number of hydrogen-bond donors (Lipinski definition) is 1. The van der Waals surface area contributed by atoms with Gasteiger partial charge in [-0.2, -0.15) is 5.10 Å². The van der Waals surface area contributed by atoms with Crippen LogP contribution in [0.15, 0.2) is 67.0 Å². The summed E-state index contributed by atoms with van der Waals surface area (Å²) in [5.41, 5.74) is 2.16. The summed E-state index contributed by atoms with van der Waals surface area (Å²) < 4.78 is 7.21. The Bertz CT molecular complexity index is 800. The van der Waals surface area contributed by atoms with Gasteiger partial charge in [-0.05, 0) is 54.4 Å². The van der Waals surface area contributed by atoms with E-state index in [0.29, 0.717) is 17.3 Å². The van der Waals surface area contributed by atoms with Gasteiger partial charge in [0.1, 0.15) is 5.75 Å². The lowest BCUT2D eigenvalue weighted by atomic mass is 10.1. The van der Waals surface area contributed by atoms with Crippen LogP contribution >= 0.6 is 11.6 Å². The minimum Gasteiger partial charge on any atom is -0.484 e. The Morgan fingerprint density at radius 2 is 1.88 bits per heavy atom. The first-order valence-corrected chi connectivity index (χ1v) is 8.32. The summed E-state index contributed by atoms with van der Waals surface area (Å²) >= 11 is 5.80. The van der Waals surface area contributed by atoms with E-state index in [2.05, 4.69) is 10.4 Å². The van der Waals surface area contributed by atoms with Crippen LogP contribution in [-0.4, -0.2) is 28.8 Å². The molecule has 0 aliphatic heterocycles. The minimum absolute atomic E-state index is 0.0140. The third-order valence-electron chi connectivity index (χ3n) is 3.62. The van der Waals surface area contributed by atoms with Crippen LogP contribution in [0.1, 0.15) is 5.56 Å². The van der Waals surface area contributed by atoms with Gasteiger partial charge in [0, 0.05) is 24.0 Å². The molecule has 1 amide bonds. The van der Waals surface area contributed by atoms with Gasteiger partial charge < -0.3 is 10.1 Å². The van der Waals surface area contributed by atoms with Crippen molar-refractivity contribution in [3.63, 3.8) is 0 Å². The summed E-state index contributed by atoms with van der Waals surface area (Å²) in [6.45, 7) is 0.545. The minimum atomic E-state index is -0.150. The molecule has 0 bridgehead atoms. The van der Waals surface area contributed by atoms with Gasteiger partial charge in [-0.15, -0.1) is 0 Å². The fraction of sp³-hybridized carbons (Fsp3) is 0.158. The number of ether oxygens (including phenoxy) is 1. The molecule has 3 aromatic rings. The zero-order valence-corrected chi connectivity index (χ0v) is 14.3. The van der Waals surface area contributed by atoms with Crippen LogP contribution in [0.25, 0.3) is 5.69 Å². The molecule has 0 radical (unpaired) electrons. The SMILES string of the molecule is O=C(COc1ccc(Cl)cc1)NCCc1ccc(-n2cccn2)cc1. The van der Waals surface area contributed by atoms with Crippen LogP contribution in [0, 0.1) is 0 Å². The van der Waals surface area contributed by atoms with Crippen LogP contribution < -0.4 is 10.1 Å². The van der Waals surface area contributed by atoms with Crippen molar-refractivity contribution >= 4 is 17.5 Å². The lowest BCUT2D eigenvalue weighted by Gasteiger charge is -2.08. The van der Waals surface area contributed by atoms with Gasteiger partial charge in [0.25, 0.3) is 5.91 Å². The van der Waals surface area contributed by atoms with E-state index in [0.717, 1.165) is 17.7 Å². The highest BCUT2D eigenvalue weighted by Gasteiger charge is 2.03. The van der Waals surface area contributed by atoms with E-state index in [-0.39, 0.29) is 12.5 Å². The number of rotatable bonds is 7. The van der Waals surface area contributed by atoms with Crippen molar-refractivity contribution in [1.29, 1.82) is 0 Å². The molecule has 128 valence electrons. The van der Waals surface area contributed by atoms with Crippen molar-refractivity contribution in [2.24, 2.45) is 0 Å². The molecule has 1 N–H and O–H groups in total. The summed E-state index contributed by atoms with van der Waals surface area (Å²) in [6, 6.07) is 16.9. The molecule has 0 atom stereocenters. The Morgan fingerprint density at radius 3 is 2.56 bits per heavy atom. The van der Waals surface area contributed by atoms with Crippen molar-refractivity contribution in [2.45, 2.75) is 6.42 Å². The van der Waals surface area contributed by atoms with Crippen LogP contribution in [0.5, 0.6) is 5.75 Å². The van der Waals surface area contributed by atoms with Crippen LogP contribution in [0.2, 0.25) is 5.02 Å². The van der Waals surface area contributed by atoms with Crippen molar-refractivity contribution in [2.75, 3.05) is 13.2 Å². The number of halogens is 1. The van der Waals surface area contributed by atoms with Crippen LogP contribution in [-0.2, 0) is 11.2 Å². The van der Waals surface area contributed by atoms with E-state index >= 15 is 0 Å². The largest absolute Gasteiger partial charge is 0.484 e. The second kappa shape index (κ2) is 8.35. The van der Waals surface area contributed by atoms with E-state index in [9.17, 15) is 4.79 Å². The topological polar surface area (TPSA) is 56.1 Å². The van der Waals surface area contributed by atoms with Crippen molar-refractivity contribution in [3.05, 3.63) is 77.6 Å². The molecule has 1 aromatic heterocycles. The summed E-state index contributed by atoms with van der Waals surface area (Å²) in [5.74, 6) is 0.469. The quantitative estimate of drug-likeness (QED) is 0.707. The summed E-state index contributed by atoms with van der Waals surface area (Å²) in [4.78, 5) is 11.8. The fourth-order valence-corrected chi connectivity index (χ4v) is 2.44. The Labute approximate surface area is 151 Å². The monoisotopic (exact) mass is 355 g/mol. The maximum absolute atomic E-state index is 11.8. The van der Waals surface area contributed by atoms with Crippen LogP contribution in [0.3, 0.4) is 0 Å². The van der Waals surface area contributed by atoms with E-state index in [4.69, 9.17) is 16.3 Å². The molecule has 0 unspecified atom stereocenters. The Balaban J connectivity index is 1.40. The number of carbonyl (C=O) groups excluding carboxylic acids is 1. The number of hydrogen-bond acceptors (Lipinski definition) is 3. The van der Waals surface area contributed by atoms with Gasteiger partial charge in [-0.1, -0.05) is 23.7 Å². The number of aromatic nitrogens is 2. The molecular formula is C19H18ClN3O2. The lowest BCUT2D eigenvalue weighted by Crippen LogP contribution is -2.30. The number of carbonyl (C=O) groups is 1. The maximum atomic E-state index is 11.8. The molecular weight excluding hydrogens is 338 g/mol. The van der Waals surface area contributed by atoms with Crippen LogP contribution in [0.4, 0.5) is 0 Å². The Morgan fingerprint density at radius 1 is 1.12 bits per heavy atom. The Kier molecular flexibility index (Phi) is 5.69. The number of benzene rings is 2. The van der Waals surface area contributed by atoms with E-state index in [1.54, 1.807) is 35.1 Å². The first-order valence-electron chi connectivity index (χ1n) is 7.95. The number of nitrogens with zero attached hydrogens (tertiary/aromatic N) is 2. The van der Waals surface area contributed by atoms with Gasteiger partial charge in [0.15, 0.2) is 6.61 Å². The first-order chi connectivity index (χ1) is 12.2. The van der Waals surface area contributed by atoms with Crippen molar-refractivity contribution in [1.82, 2.24) is 15.1 Å². The highest BCUT2D eigenvalue weighted by molar-refractivity contribution is 6.30.